The maximum absolute atomic E-state index is 4.69. The Morgan fingerprint density at radius 2 is 1.95 bits per heavy atom. The van der Waals surface area contributed by atoms with Crippen molar-refractivity contribution in [2.75, 3.05) is 17.2 Å². The molecule has 4 heteroatoms. The lowest BCUT2D eigenvalue weighted by Gasteiger charge is -2.28. The molecule has 1 aromatic rings. The normalized spacial score (nSPS) is 22.0. The molecule has 118 valence electrons. The molecule has 2 unspecified atom stereocenters. The maximum atomic E-state index is 4.69. The summed E-state index contributed by atoms with van der Waals surface area (Å²) in [5.74, 6) is 3.73. The molecule has 21 heavy (non-hydrogen) atoms. The topological polar surface area (TPSA) is 49.8 Å². The van der Waals surface area contributed by atoms with E-state index >= 15 is 0 Å². The summed E-state index contributed by atoms with van der Waals surface area (Å²) >= 11 is 0. The van der Waals surface area contributed by atoms with E-state index in [1.54, 1.807) is 0 Å². The molecule has 2 rings (SSSR count). The minimum Gasteiger partial charge on any atom is -0.370 e. The van der Waals surface area contributed by atoms with E-state index in [0.29, 0.717) is 6.04 Å². The van der Waals surface area contributed by atoms with Gasteiger partial charge in [0, 0.05) is 25.1 Å². The Hall–Kier alpha value is -1.32. The summed E-state index contributed by atoms with van der Waals surface area (Å²) in [4.78, 5) is 9.29. The van der Waals surface area contributed by atoms with Crippen LogP contribution >= 0.6 is 0 Å². The first-order valence-electron chi connectivity index (χ1n) is 8.59. The molecule has 0 radical (unpaired) electrons. The van der Waals surface area contributed by atoms with Gasteiger partial charge >= 0.3 is 0 Å². The molecule has 1 aromatic heterocycles. The van der Waals surface area contributed by atoms with Crippen LogP contribution < -0.4 is 10.6 Å². The van der Waals surface area contributed by atoms with Crippen LogP contribution in [0.25, 0.3) is 0 Å². The second kappa shape index (κ2) is 8.20. The predicted molar refractivity (Wildman–Crippen MR) is 89.9 cm³/mol. The fourth-order valence-electron chi connectivity index (χ4n) is 3.02. The van der Waals surface area contributed by atoms with Crippen LogP contribution in [0.3, 0.4) is 0 Å². The van der Waals surface area contributed by atoms with Gasteiger partial charge in [0.1, 0.15) is 17.5 Å². The average molecular weight is 290 g/mol. The molecule has 0 aromatic carbocycles. The molecule has 1 fully saturated rings. The maximum Gasteiger partial charge on any atom is 0.133 e. The predicted octanol–water partition coefficient (Wildman–Crippen LogP) is 4.24. The molecule has 2 N–H and O–H groups in total. The molecule has 2 atom stereocenters. The Kier molecular flexibility index (Phi) is 6.27. The van der Waals surface area contributed by atoms with Crippen molar-refractivity contribution in [3.63, 3.8) is 0 Å². The second-order valence-electron chi connectivity index (χ2n) is 6.34. The number of rotatable bonds is 7. The third kappa shape index (κ3) is 5.18. The van der Waals surface area contributed by atoms with E-state index < -0.39 is 0 Å². The number of hydrogen-bond donors (Lipinski definition) is 2. The Morgan fingerprint density at radius 3 is 2.67 bits per heavy atom. The van der Waals surface area contributed by atoms with Crippen molar-refractivity contribution in [3.05, 3.63) is 11.9 Å². The average Bonchev–Trinajstić information content (AvgIpc) is 2.45. The highest BCUT2D eigenvalue weighted by Crippen LogP contribution is 2.26. The van der Waals surface area contributed by atoms with Crippen LogP contribution in [0, 0.1) is 5.92 Å². The van der Waals surface area contributed by atoms with E-state index in [1.165, 1.54) is 25.7 Å². The Labute approximate surface area is 129 Å². The van der Waals surface area contributed by atoms with E-state index in [-0.39, 0.29) is 0 Å². The van der Waals surface area contributed by atoms with Gasteiger partial charge in [-0.3, -0.25) is 0 Å². The van der Waals surface area contributed by atoms with Gasteiger partial charge in [-0.25, -0.2) is 9.97 Å². The first-order chi connectivity index (χ1) is 10.2. The van der Waals surface area contributed by atoms with Crippen LogP contribution in [0.15, 0.2) is 6.07 Å². The van der Waals surface area contributed by atoms with Crippen molar-refractivity contribution in [1.82, 2.24) is 9.97 Å². The van der Waals surface area contributed by atoms with Gasteiger partial charge in [-0.2, -0.15) is 0 Å². The SMILES string of the molecule is CCCNc1cc(NC2CCCC(C)C2)nc(CCC)n1. The number of aromatic nitrogens is 2. The molecule has 0 amide bonds. The number of nitrogens with one attached hydrogen (secondary N) is 2. The van der Waals surface area contributed by atoms with Gasteiger partial charge in [-0.15, -0.1) is 0 Å². The van der Waals surface area contributed by atoms with Gasteiger partial charge < -0.3 is 10.6 Å². The van der Waals surface area contributed by atoms with Crippen LogP contribution in [0.1, 0.15) is 65.1 Å². The van der Waals surface area contributed by atoms with E-state index in [0.717, 1.165) is 49.2 Å². The monoisotopic (exact) mass is 290 g/mol. The van der Waals surface area contributed by atoms with Crippen molar-refractivity contribution in [1.29, 1.82) is 0 Å². The molecular formula is C17H30N4. The highest BCUT2D eigenvalue weighted by molar-refractivity contribution is 5.48. The lowest BCUT2D eigenvalue weighted by molar-refractivity contribution is 0.358. The summed E-state index contributed by atoms with van der Waals surface area (Å²) in [6, 6.07) is 2.63. The van der Waals surface area contributed by atoms with Crippen LogP contribution in [-0.4, -0.2) is 22.6 Å². The molecule has 1 aliphatic rings. The number of hydrogen-bond acceptors (Lipinski definition) is 4. The van der Waals surface area contributed by atoms with Gasteiger partial charge in [-0.1, -0.05) is 33.6 Å². The zero-order valence-electron chi connectivity index (χ0n) is 13.8. The van der Waals surface area contributed by atoms with Gasteiger partial charge in [0.15, 0.2) is 0 Å². The van der Waals surface area contributed by atoms with Crippen molar-refractivity contribution >= 4 is 11.6 Å². The van der Waals surface area contributed by atoms with Crippen molar-refractivity contribution in [3.8, 4) is 0 Å². The smallest absolute Gasteiger partial charge is 0.133 e. The summed E-state index contributed by atoms with van der Waals surface area (Å²) < 4.78 is 0. The summed E-state index contributed by atoms with van der Waals surface area (Å²) in [5, 5.41) is 7.02. The highest BCUT2D eigenvalue weighted by atomic mass is 15.1. The lowest BCUT2D eigenvalue weighted by Crippen LogP contribution is -2.27. The highest BCUT2D eigenvalue weighted by Gasteiger charge is 2.19. The zero-order valence-corrected chi connectivity index (χ0v) is 13.8. The Morgan fingerprint density at radius 1 is 1.14 bits per heavy atom. The molecule has 0 aliphatic heterocycles. The molecule has 0 bridgehead atoms. The molecule has 4 nitrogen and oxygen atoms in total. The molecule has 0 spiro atoms. The number of aryl methyl sites for hydroxylation is 1. The van der Waals surface area contributed by atoms with Crippen molar-refractivity contribution in [2.45, 2.75) is 71.8 Å². The van der Waals surface area contributed by atoms with Crippen LogP contribution in [0.5, 0.6) is 0 Å². The van der Waals surface area contributed by atoms with Crippen LogP contribution in [-0.2, 0) is 6.42 Å². The van der Waals surface area contributed by atoms with E-state index in [4.69, 9.17) is 0 Å². The first kappa shape index (κ1) is 16.1. The van der Waals surface area contributed by atoms with Gasteiger partial charge in [0.25, 0.3) is 0 Å². The fraction of sp³-hybridized carbons (Fsp3) is 0.765. The minimum absolute atomic E-state index is 0.567. The van der Waals surface area contributed by atoms with Gasteiger partial charge in [0.2, 0.25) is 0 Å². The van der Waals surface area contributed by atoms with Crippen molar-refractivity contribution in [2.24, 2.45) is 5.92 Å². The third-order valence-corrected chi connectivity index (χ3v) is 4.09. The first-order valence-corrected chi connectivity index (χ1v) is 8.59. The standard InChI is InChI=1S/C17H30N4/c1-4-7-15-20-16(18-10-5-2)12-17(21-15)19-14-9-6-8-13(3)11-14/h12-14H,4-11H2,1-3H3,(H2,18,19,20,21). The summed E-state index contributed by atoms with van der Waals surface area (Å²) in [6.45, 7) is 7.65. The molecule has 1 heterocycles. The Balaban J connectivity index is 2.06. The van der Waals surface area contributed by atoms with Gasteiger partial charge in [0.05, 0.1) is 0 Å². The summed E-state index contributed by atoms with van der Waals surface area (Å²) in [5.41, 5.74) is 0. The largest absolute Gasteiger partial charge is 0.370 e. The lowest BCUT2D eigenvalue weighted by atomic mass is 9.87. The van der Waals surface area contributed by atoms with Crippen LogP contribution in [0.2, 0.25) is 0 Å². The molecule has 1 aliphatic carbocycles. The van der Waals surface area contributed by atoms with Crippen LogP contribution in [0.4, 0.5) is 11.6 Å². The number of anilines is 2. The van der Waals surface area contributed by atoms with E-state index in [1.807, 2.05) is 0 Å². The quantitative estimate of drug-likeness (QED) is 0.788. The zero-order chi connectivity index (χ0) is 15.1. The summed E-state index contributed by atoms with van der Waals surface area (Å²) in [7, 11) is 0. The fourth-order valence-corrected chi connectivity index (χ4v) is 3.02. The molecule has 1 saturated carbocycles. The third-order valence-electron chi connectivity index (χ3n) is 4.09. The molecular weight excluding hydrogens is 260 g/mol. The minimum atomic E-state index is 0.567. The summed E-state index contributed by atoms with van der Waals surface area (Å²) in [6.07, 6.45) is 8.34. The van der Waals surface area contributed by atoms with Crippen molar-refractivity contribution < 1.29 is 0 Å². The Bertz CT molecular complexity index is 433. The second-order valence-corrected chi connectivity index (χ2v) is 6.34. The van der Waals surface area contributed by atoms with E-state index in [9.17, 15) is 0 Å². The molecule has 0 saturated heterocycles. The van der Waals surface area contributed by atoms with E-state index in [2.05, 4.69) is 47.4 Å². The van der Waals surface area contributed by atoms with Gasteiger partial charge in [-0.05, 0) is 31.6 Å². The number of nitrogens with zero attached hydrogens (tertiary/aromatic N) is 2.